The third-order valence-electron chi connectivity index (χ3n) is 3.96. The van der Waals surface area contributed by atoms with Crippen molar-refractivity contribution in [1.29, 1.82) is 0 Å². The SMILES string of the molecule is CCCC1CC(O)CC(CCC)C1C. The molecular formula is C13H26O. The minimum atomic E-state index is -0.0145. The molecule has 0 aromatic heterocycles. The van der Waals surface area contributed by atoms with Crippen molar-refractivity contribution in [2.75, 3.05) is 0 Å². The first-order valence-electron chi connectivity index (χ1n) is 6.37. The molecule has 0 radical (unpaired) electrons. The van der Waals surface area contributed by atoms with Crippen molar-refractivity contribution in [2.24, 2.45) is 17.8 Å². The van der Waals surface area contributed by atoms with Crippen molar-refractivity contribution in [2.45, 2.75) is 65.4 Å². The Hall–Kier alpha value is -0.0400. The highest BCUT2D eigenvalue weighted by Gasteiger charge is 2.32. The summed E-state index contributed by atoms with van der Waals surface area (Å²) in [5, 5.41) is 9.82. The first-order valence-corrected chi connectivity index (χ1v) is 6.37. The van der Waals surface area contributed by atoms with Gasteiger partial charge in [0, 0.05) is 0 Å². The van der Waals surface area contributed by atoms with Crippen LogP contribution in [0, 0.1) is 17.8 Å². The van der Waals surface area contributed by atoms with E-state index in [0.29, 0.717) is 0 Å². The van der Waals surface area contributed by atoms with E-state index < -0.39 is 0 Å². The Morgan fingerprint density at radius 3 is 1.79 bits per heavy atom. The van der Waals surface area contributed by atoms with E-state index in [0.717, 1.165) is 30.6 Å². The summed E-state index contributed by atoms with van der Waals surface area (Å²) in [6.45, 7) is 6.90. The van der Waals surface area contributed by atoms with E-state index in [1.165, 1.54) is 25.7 Å². The van der Waals surface area contributed by atoms with Gasteiger partial charge in [-0.05, 0) is 30.6 Å². The van der Waals surface area contributed by atoms with E-state index in [1.807, 2.05) is 0 Å². The standard InChI is InChI=1S/C13H26O/c1-4-6-11-8-13(14)9-12(7-5-2)10(11)3/h10-14H,4-9H2,1-3H3. The van der Waals surface area contributed by atoms with Gasteiger partial charge in [-0.15, -0.1) is 0 Å². The van der Waals surface area contributed by atoms with Gasteiger partial charge >= 0.3 is 0 Å². The zero-order valence-corrected chi connectivity index (χ0v) is 10.00. The van der Waals surface area contributed by atoms with Gasteiger partial charge in [-0.1, -0.05) is 46.5 Å². The van der Waals surface area contributed by atoms with E-state index >= 15 is 0 Å². The third kappa shape index (κ3) is 2.98. The van der Waals surface area contributed by atoms with Crippen LogP contribution < -0.4 is 0 Å². The Labute approximate surface area is 88.9 Å². The van der Waals surface area contributed by atoms with E-state index in [1.54, 1.807) is 0 Å². The monoisotopic (exact) mass is 198 g/mol. The lowest BCUT2D eigenvalue weighted by Gasteiger charge is -2.38. The van der Waals surface area contributed by atoms with Gasteiger partial charge in [0.05, 0.1) is 6.10 Å². The number of rotatable bonds is 4. The summed E-state index contributed by atoms with van der Waals surface area (Å²) < 4.78 is 0. The van der Waals surface area contributed by atoms with Crippen LogP contribution in [-0.2, 0) is 0 Å². The van der Waals surface area contributed by atoms with Crippen LogP contribution in [0.15, 0.2) is 0 Å². The summed E-state index contributed by atoms with van der Waals surface area (Å²) in [4.78, 5) is 0. The molecule has 14 heavy (non-hydrogen) atoms. The Kier molecular flexibility index (Phi) is 4.94. The molecule has 0 aromatic carbocycles. The zero-order valence-electron chi connectivity index (χ0n) is 10.00. The highest BCUT2D eigenvalue weighted by Crippen LogP contribution is 2.39. The maximum absolute atomic E-state index is 9.82. The zero-order chi connectivity index (χ0) is 10.6. The molecule has 0 heterocycles. The largest absolute Gasteiger partial charge is 0.393 e. The summed E-state index contributed by atoms with van der Waals surface area (Å²) in [7, 11) is 0. The number of hydrogen-bond acceptors (Lipinski definition) is 1. The van der Waals surface area contributed by atoms with E-state index in [2.05, 4.69) is 20.8 Å². The summed E-state index contributed by atoms with van der Waals surface area (Å²) in [5.74, 6) is 2.39. The Bertz CT molecular complexity index is 139. The molecule has 84 valence electrons. The first-order chi connectivity index (χ1) is 6.69. The molecule has 1 nitrogen and oxygen atoms in total. The summed E-state index contributed by atoms with van der Waals surface area (Å²) >= 11 is 0. The smallest absolute Gasteiger partial charge is 0.0545 e. The summed E-state index contributed by atoms with van der Waals surface area (Å²) in [6, 6.07) is 0. The van der Waals surface area contributed by atoms with Gasteiger partial charge in [-0.25, -0.2) is 0 Å². The molecular weight excluding hydrogens is 172 g/mol. The van der Waals surface area contributed by atoms with E-state index in [9.17, 15) is 5.11 Å². The normalized spacial score (nSPS) is 38.6. The average Bonchev–Trinajstić information content (AvgIpc) is 2.14. The van der Waals surface area contributed by atoms with Crippen LogP contribution in [0.3, 0.4) is 0 Å². The molecule has 0 aliphatic heterocycles. The molecule has 1 rings (SSSR count). The molecule has 1 aliphatic rings. The number of aliphatic hydroxyl groups excluding tert-OH is 1. The van der Waals surface area contributed by atoms with Crippen LogP contribution in [0.2, 0.25) is 0 Å². The van der Waals surface area contributed by atoms with Crippen LogP contribution in [0.4, 0.5) is 0 Å². The fourth-order valence-electron chi connectivity index (χ4n) is 3.11. The molecule has 1 N–H and O–H groups in total. The lowest BCUT2D eigenvalue weighted by molar-refractivity contribution is 0.0268. The summed E-state index contributed by atoms with van der Waals surface area (Å²) in [5.41, 5.74) is 0. The lowest BCUT2D eigenvalue weighted by atomic mass is 9.69. The topological polar surface area (TPSA) is 20.2 Å². The molecule has 1 fully saturated rings. The minimum absolute atomic E-state index is 0.0145. The molecule has 0 aromatic rings. The van der Waals surface area contributed by atoms with Crippen molar-refractivity contribution in [1.82, 2.24) is 0 Å². The lowest BCUT2D eigenvalue weighted by Crippen LogP contribution is -2.33. The molecule has 0 bridgehead atoms. The van der Waals surface area contributed by atoms with E-state index in [-0.39, 0.29) is 6.10 Å². The van der Waals surface area contributed by atoms with Crippen molar-refractivity contribution >= 4 is 0 Å². The quantitative estimate of drug-likeness (QED) is 0.731. The molecule has 0 saturated heterocycles. The van der Waals surface area contributed by atoms with Crippen LogP contribution in [0.5, 0.6) is 0 Å². The van der Waals surface area contributed by atoms with Gasteiger partial charge in [0.15, 0.2) is 0 Å². The predicted octanol–water partition coefficient (Wildman–Crippen LogP) is 3.61. The summed E-state index contributed by atoms with van der Waals surface area (Å²) in [6.07, 6.45) is 7.22. The van der Waals surface area contributed by atoms with Crippen molar-refractivity contribution in [3.63, 3.8) is 0 Å². The molecule has 0 amide bonds. The fourth-order valence-corrected chi connectivity index (χ4v) is 3.11. The molecule has 2 unspecified atom stereocenters. The van der Waals surface area contributed by atoms with Gasteiger partial charge in [0.1, 0.15) is 0 Å². The maximum Gasteiger partial charge on any atom is 0.0545 e. The van der Waals surface area contributed by atoms with Crippen LogP contribution >= 0.6 is 0 Å². The van der Waals surface area contributed by atoms with Crippen LogP contribution in [0.1, 0.15) is 59.3 Å². The Morgan fingerprint density at radius 1 is 1.00 bits per heavy atom. The molecule has 1 heteroatoms. The highest BCUT2D eigenvalue weighted by molar-refractivity contribution is 4.83. The number of hydrogen-bond donors (Lipinski definition) is 1. The molecule has 2 atom stereocenters. The van der Waals surface area contributed by atoms with Crippen molar-refractivity contribution < 1.29 is 5.11 Å². The maximum atomic E-state index is 9.82. The molecule has 0 spiro atoms. The van der Waals surface area contributed by atoms with Gasteiger partial charge < -0.3 is 5.11 Å². The third-order valence-corrected chi connectivity index (χ3v) is 3.96. The van der Waals surface area contributed by atoms with Crippen LogP contribution in [-0.4, -0.2) is 11.2 Å². The Balaban J connectivity index is 2.51. The minimum Gasteiger partial charge on any atom is -0.393 e. The molecule has 1 saturated carbocycles. The highest BCUT2D eigenvalue weighted by atomic mass is 16.3. The van der Waals surface area contributed by atoms with E-state index in [4.69, 9.17) is 0 Å². The fraction of sp³-hybridized carbons (Fsp3) is 1.00. The second kappa shape index (κ2) is 5.75. The van der Waals surface area contributed by atoms with Gasteiger partial charge in [-0.2, -0.15) is 0 Å². The van der Waals surface area contributed by atoms with Crippen molar-refractivity contribution in [3.05, 3.63) is 0 Å². The average molecular weight is 198 g/mol. The van der Waals surface area contributed by atoms with Crippen molar-refractivity contribution in [3.8, 4) is 0 Å². The second-order valence-corrected chi connectivity index (χ2v) is 5.08. The van der Waals surface area contributed by atoms with Crippen LogP contribution in [0.25, 0.3) is 0 Å². The first kappa shape index (κ1) is 12.0. The number of aliphatic hydroxyl groups is 1. The van der Waals surface area contributed by atoms with Gasteiger partial charge in [-0.3, -0.25) is 0 Å². The predicted molar refractivity (Wildman–Crippen MR) is 61.2 cm³/mol. The Morgan fingerprint density at radius 2 is 1.43 bits per heavy atom. The van der Waals surface area contributed by atoms with Gasteiger partial charge in [0.25, 0.3) is 0 Å². The second-order valence-electron chi connectivity index (χ2n) is 5.08. The molecule has 1 aliphatic carbocycles. The van der Waals surface area contributed by atoms with Gasteiger partial charge in [0.2, 0.25) is 0 Å².